The molecule has 1 aromatic carbocycles. The molecule has 1 aromatic rings. The maximum absolute atomic E-state index is 9.04. The number of halogens is 2. The van der Waals surface area contributed by atoms with Crippen molar-refractivity contribution in [1.82, 2.24) is 4.90 Å². The predicted molar refractivity (Wildman–Crippen MR) is 69.7 cm³/mol. The molecule has 1 saturated carbocycles. The van der Waals surface area contributed by atoms with E-state index in [0.29, 0.717) is 6.04 Å². The van der Waals surface area contributed by atoms with Gasteiger partial charge in [0.15, 0.2) is 0 Å². The molecular formula is C12H15BrClNO. The molecule has 2 rings (SSSR count). The van der Waals surface area contributed by atoms with Crippen LogP contribution in [0.4, 0.5) is 0 Å². The molecule has 0 spiro atoms. The van der Waals surface area contributed by atoms with Crippen LogP contribution in [0.1, 0.15) is 18.4 Å². The van der Waals surface area contributed by atoms with Gasteiger partial charge in [-0.3, -0.25) is 4.90 Å². The summed E-state index contributed by atoms with van der Waals surface area (Å²) in [5, 5.41) is 9.80. The van der Waals surface area contributed by atoms with Gasteiger partial charge < -0.3 is 5.11 Å². The SMILES string of the molecule is OCCN(Cc1cc(Cl)ccc1Br)C1CC1. The van der Waals surface area contributed by atoms with Crippen LogP contribution in [0.3, 0.4) is 0 Å². The number of benzene rings is 1. The minimum absolute atomic E-state index is 0.217. The Hall–Kier alpha value is -0.0900. The molecule has 2 nitrogen and oxygen atoms in total. The Morgan fingerprint density at radius 1 is 1.44 bits per heavy atom. The zero-order chi connectivity index (χ0) is 11.5. The van der Waals surface area contributed by atoms with Crippen LogP contribution in [-0.4, -0.2) is 29.2 Å². The van der Waals surface area contributed by atoms with Gasteiger partial charge >= 0.3 is 0 Å². The molecule has 4 heteroatoms. The van der Waals surface area contributed by atoms with Gasteiger partial charge in [-0.15, -0.1) is 0 Å². The number of nitrogens with zero attached hydrogens (tertiary/aromatic N) is 1. The Labute approximate surface area is 109 Å². The molecule has 88 valence electrons. The van der Waals surface area contributed by atoms with Crippen molar-refractivity contribution in [3.63, 3.8) is 0 Å². The average molecular weight is 305 g/mol. The quantitative estimate of drug-likeness (QED) is 0.904. The lowest BCUT2D eigenvalue weighted by atomic mass is 10.2. The molecule has 0 atom stereocenters. The summed E-state index contributed by atoms with van der Waals surface area (Å²) < 4.78 is 1.08. The van der Waals surface area contributed by atoms with Crippen LogP contribution in [0.15, 0.2) is 22.7 Å². The minimum Gasteiger partial charge on any atom is -0.395 e. The molecule has 0 aromatic heterocycles. The van der Waals surface area contributed by atoms with Gasteiger partial charge in [0.2, 0.25) is 0 Å². The molecule has 1 N–H and O–H groups in total. The third-order valence-corrected chi connectivity index (χ3v) is 3.84. The van der Waals surface area contributed by atoms with E-state index in [1.54, 1.807) is 0 Å². The van der Waals surface area contributed by atoms with Crippen molar-refractivity contribution in [2.24, 2.45) is 0 Å². The highest BCUT2D eigenvalue weighted by Gasteiger charge is 2.28. The van der Waals surface area contributed by atoms with Gasteiger partial charge in [-0.25, -0.2) is 0 Å². The van der Waals surface area contributed by atoms with Gasteiger partial charge in [-0.1, -0.05) is 27.5 Å². The standard InChI is InChI=1S/C12H15BrClNO/c13-12-4-1-10(14)7-9(12)8-15(5-6-16)11-2-3-11/h1,4,7,11,16H,2-3,5-6,8H2. The van der Waals surface area contributed by atoms with Gasteiger partial charge in [-0.05, 0) is 36.6 Å². The Balaban J connectivity index is 2.08. The summed E-state index contributed by atoms with van der Waals surface area (Å²) in [4.78, 5) is 2.32. The summed E-state index contributed by atoms with van der Waals surface area (Å²) >= 11 is 9.52. The van der Waals surface area contributed by atoms with Crippen LogP contribution in [0.5, 0.6) is 0 Å². The molecule has 0 amide bonds. The van der Waals surface area contributed by atoms with Crippen LogP contribution in [-0.2, 0) is 6.54 Å². The molecule has 1 aliphatic carbocycles. The first-order chi connectivity index (χ1) is 7.70. The van der Waals surface area contributed by atoms with Crippen molar-refractivity contribution in [1.29, 1.82) is 0 Å². The second kappa shape index (κ2) is 5.50. The summed E-state index contributed by atoms with van der Waals surface area (Å²) in [6.45, 7) is 1.81. The lowest BCUT2D eigenvalue weighted by molar-refractivity contribution is 0.183. The molecular weight excluding hydrogens is 289 g/mol. The number of hydrogen-bond donors (Lipinski definition) is 1. The largest absolute Gasteiger partial charge is 0.395 e. The number of aliphatic hydroxyl groups excluding tert-OH is 1. The highest BCUT2D eigenvalue weighted by atomic mass is 79.9. The maximum Gasteiger partial charge on any atom is 0.0558 e. The number of rotatable bonds is 5. The van der Waals surface area contributed by atoms with Crippen LogP contribution in [0, 0.1) is 0 Å². The van der Waals surface area contributed by atoms with E-state index >= 15 is 0 Å². The highest BCUT2D eigenvalue weighted by Crippen LogP contribution is 2.30. The van der Waals surface area contributed by atoms with E-state index in [1.165, 1.54) is 18.4 Å². The predicted octanol–water partition coefficient (Wildman–Crippen LogP) is 3.06. The monoisotopic (exact) mass is 303 g/mol. The topological polar surface area (TPSA) is 23.5 Å². The molecule has 0 heterocycles. The summed E-state index contributed by atoms with van der Waals surface area (Å²) in [5.41, 5.74) is 1.19. The average Bonchev–Trinajstić information content (AvgIpc) is 3.06. The fourth-order valence-corrected chi connectivity index (χ4v) is 2.41. The van der Waals surface area contributed by atoms with Gasteiger partial charge in [-0.2, -0.15) is 0 Å². The third-order valence-electron chi connectivity index (χ3n) is 2.83. The van der Waals surface area contributed by atoms with Crippen LogP contribution < -0.4 is 0 Å². The second-order valence-electron chi connectivity index (χ2n) is 4.16. The van der Waals surface area contributed by atoms with Crippen LogP contribution >= 0.6 is 27.5 Å². The molecule has 0 unspecified atom stereocenters. The van der Waals surface area contributed by atoms with E-state index in [9.17, 15) is 0 Å². The molecule has 1 fully saturated rings. The zero-order valence-electron chi connectivity index (χ0n) is 9.00. The number of aliphatic hydroxyl groups is 1. The molecule has 0 radical (unpaired) electrons. The Kier molecular flexibility index (Phi) is 4.25. The van der Waals surface area contributed by atoms with E-state index in [-0.39, 0.29) is 6.61 Å². The van der Waals surface area contributed by atoms with Crippen molar-refractivity contribution in [3.05, 3.63) is 33.3 Å². The van der Waals surface area contributed by atoms with Crippen molar-refractivity contribution < 1.29 is 5.11 Å². The van der Waals surface area contributed by atoms with Gasteiger partial charge in [0.25, 0.3) is 0 Å². The van der Waals surface area contributed by atoms with Crippen molar-refractivity contribution in [3.8, 4) is 0 Å². The Bertz CT molecular complexity index is 368. The zero-order valence-corrected chi connectivity index (χ0v) is 11.3. The van der Waals surface area contributed by atoms with E-state index in [1.807, 2.05) is 18.2 Å². The van der Waals surface area contributed by atoms with Gasteiger partial charge in [0, 0.05) is 28.6 Å². The Morgan fingerprint density at radius 2 is 2.19 bits per heavy atom. The molecule has 16 heavy (non-hydrogen) atoms. The molecule has 1 aliphatic rings. The van der Waals surface area contributed by atoms with Crippen LogP contribution in [0.25, 0.3) is 0 Å². The van der Waals surface area contributed by atoms with Gasteiger partial charge in [0.1, 0.15) is 0 Å². The third kappa shape index (κ3) is 3.20. The van der Waals surface area contributed by atoms with E-state index in [2.05, 4.69) is 20.8 Å². The fourth-order valence-electron chi connectivity index (χ4n) is 1.84. The van der Waals surface area contributed by atoms with Crippen LogP contribution in [0.2, 0.25) is 5.02 Å². The first kappa shape index (κ1) is 12.4. The Morgan fingerprint density at radius 3 is 2.81 bits per heavy atom. The second-order valence-corrected chi connectivity index (χ2v) is 5.45. The minimum atomic E-state index is 0.217. The molecule has 0 saturated heterocycles. The van der Waals surface area contributed by atoms with E-state index in [0.717, 1.165) is 22.6 Å². The van der Waals surface area contributed by atoms with Crippen molar-refractivity contribution in [2.75, 3.05) is 13.2 Å². The smallest absolute Gasteiger partial charge is 0.0558 e. The normalized spacial score (nSPS) is 15.8. The summed E-state index contributed by atoms with van der Waals surface area (Å²) in [5.74, 6) is 0. The summed E-state index contributed by atoms with van der Waals surface area (Å²) in [6, 6.07) is 6.49. The van der Waals surface area contributed by atoms with E-state index < -0.39 is 0 Å². The summed E-state index contributed by atoms with van der Waals surface area (Å²) in [7, 11) is 0. The first-order valence-electron chi connectivity index (χ1n) is 5.49. The summed E-state index contributed by atoms with van der Waals surface area (Å²) in [6.07, 6.45) is 2.50. The lowest BCUT2D eigenvalue weighted by Crippen LogP contribution is -2.28. The fraction of sp³-hybridized carbons (Fsp3) is 0.500. The number of hydrogen-bond acceptors (Lipinski definition) is 2. The molecule has 0 aliphatic heterocycles. The van der Waals surface area contributed by atoms with Gasteiger partial charge in [0.05, 0.1) is 6.61 Å². The maximum atomic E-state index is 9.04. The lowest BCUT2D eigenvalue weighted by Gasteiger charge is -2.21. The first-order valence-corrected chi connectivity index (χ1v) is 6.66. The van der Waals surface area contributed by atoms with Crippen molar-refractivity contribution in [2.45, 2.75) is 25.4 Å². The van der Waals surface area contributed by atoms with Crippen molar-refractivity contribution >= 4 is 27.5 Å². The van der Waals surface area contributed by atoms with E-state index in [4.69, 9.17) is 16.7 Å². The highest BCUT2D eigenvalue weighted by molar-refractivity contribution is 9.10. The molecule has 0 bridgehead atoms.